The van der Waals surface area contributed by atoms with Crippen molar-refractivity contribution in [2.75, 3.05) is 13.1 Å². The Bertz CT molecular complexity index is 126. The van der Waals surface area contributed by atoms with E-state index < -0.39 is 0 Å². The molecule has 2 nitrogen and oxygen atoms in total. The predicted molar refractivity (Wildman–Crippen MR) is 39.8 cm³/mol. The fourth-order valence-electron chi connectivity index (χ4n) is 2.26. The maximum atomic E-state index is 9.54. The second-order valence-electron chi connectivity index (χ2n) is 3.46. The Kier molecular flexibility index (Phi) is 1.66. The minimum atomic E-state index is -0.0174. The van der Waals surface area contributed by atoms with Gasteiger partial charge in [-0.15, -0.1) is 0 Å². The van der Waals surface area contributed by atoms with Crippen molar-refractivity contribution >= 4 is 0 Å². The lowest BCUT2D eigenvalue weighted by atomic mass is 10.00. The molecule has 0 bridgehead atoms. The summed E-state index contributed by atoms with van der Waals surface area (Å²) >= 11 is 0. The summed E-state index contributed by atoms with van der Waals surface area (Å²) in [5, 5.41) is 9.54. The third-order valence-corrected chi connectivity index (χ3v) is 2.80. The molecule has 2 aliphatic rings. The van der Waals surface area contributed by atoms with E-state index in [1.807, 2.05) is 0 Å². The molecule has 2 atom stereocenters. The minimum Gasteiger partial charge on any atom is -0.391 e. The topological polar surface area (TPSA) is 23.5 Å². The van der Waals surface area contributed by atoms with Crippen LogP contribution < -0.4 is 0 Å². The number of hydrogen-bond acceptors (Lipinski definition) is 2. The fraction of sp³-hybridized carbons (Fsp3) is 1.00. The molecule has 2 heterocycles. The third kappa shape index (κ3) is 0.956. The highest BCUT2D eigenvalue weighted by atomic mass is 16.3. The van der Waals surface area contributed by atoms with Gasteiger partial charge in [0.1, 0.15) is 0 Å². The van der Waals surface area contributed by atoms with Gasteiger partial charge >= 0.3 is 0 Å². The van der Waals surface area contributed by atoms with Crippen LogP contribution in [0.25, 0.3) is 0 Å². The number of hydrogen-bond donors (Lipinski definition) is 1. The molecule has 10 heavy (non-hydrogen) atoms. The van der Waals surface area contributed by atoms with Gasteiger partial charge in [0.25, 0.3) is 0 Å². The number of aliphatic hydroxyl groups excluding tert-OH is 1. The first-order valence-corrected chi connectivity index (χ1v) is 4.30. The number of piperidine rings is 1. The Labute approximate surface area is 61.8 Å². The van der Waals surface area contributed by atoms with Gasteiger partial charge in [-0.1, -0.05) is 0 Å². The molecule has 2 aliphatic heterocycles. The molecule has 0 spiro atoms. The molecular formula is C8H15NO. The molecule has 0 aromatic carbocycles. The predicted octanol–water partition coefficient (Wildman–Crippen LogP) is 0.605. The first-order valence-electron chi connectivity index (χ1n) is 4.30. The normalized spacial score (nSPS) is 41.7. The molecule has 0 aliphatic carbocycles. The van der Waals surface area contributed by atoms with E-state index in [1.165, 1.54) is 32.4 Å². The van der Waals surface area contributed by atoms with Crippen molar-refractivity contribution in [3.05, 3.63) is 0 Å². The minimum absolute atomic E-state index is 0.0174. The Morgan fingerprint density at radius 1 is 1.10 bits per heavy atom. The van der Waals surface area contributed by atoms with Gasteiger partial charge in [0.15, 0.2) is 0 Å². The molecule has 0 aromatic heterocycles. The molecular weight excluding hydrogens is 126 g/mol. The van der Waals surface area contributed by atoms with Crippen LogP contribution in [-0.2, 0) is 0 Å². The number of nitrogens with zero attached hydrogens (tertiary/aromatic N) is 1. The summed E-state index contributed by atoms with van der Waals surface area (Å²) in [5.41, 5.74) is 0. The van der Waals surface area contributed by atoms with Gasteiger partial charge in [0.05, 0.1) is 6.10 Å². The van der Waals surface area contributed by atoms with Crippen LogP contribution in [0.5, 0.6) is 0 Å². The molecule has 2 saturated heterocycles. The van der Waals surface area contributed by atoms with Crippen molar-refractivity contribution in [2.24, 2.45) is 0 Å². The highest BCUT2D eigenvalue weighted by molar-refractivity contribution is 4.88. The van der Waals surface area contributed by atoms with Crippen molar-refractivity contribution < 1.29 is 5.11 Å². The van der Waals surface area contributed by atoms with Crippen molar-refractivity contribution in [3.63, 3.8) is 0 Å². The van der Waals surface area contributed by atoms with Gasteiger partial charge in [-0.2, -0.15) is 0 Å². The van der Waals surface area contributed by atoms with Gasteiger partial charge in [-0.05, 0) is 38.8 Å². The largest absolute Gasteiger partial charge is 0.391 e. The maximum absolute atomic E-state index is 9.54. The van der Waals surface area contributed by atoms with E-state index in [1.54, 1.807) is 0 Å². The van der Waals surface area contributed by atoms with Crippen LogP contribution in [0.3, 0.4) is 0 Å². The van der Waals surface area contributed by atoms with Crippen molar-refractivity contribution in [1.82, 2.24) is 4.90 Å². The van der Waals surface area contributed by atoms with Gasteiger partial charge in [0.2, 0.25) is 0 Å². The Balaban J connectivity index is 2.03. The van der Waals surface area contributed by atoms with Gasteiger partial charge in [0, 0.05) is 6.04 Å². The summed E-state index contributed by atoms with van der Waals surface area (Å²) in [5.74, 6) is 0. The van der Waals surface area contributed by atoms with E-state index in [9.17, 15) is 5.11 Å². The molecule has 0 radical (unpaired) electrons. The molecule has 2 rings (SSSR count). The van der Waals surface area contributed by atoms with Crippen molar-refractivity contribution in [2.45, 2.75) is 37.8 Å². The third-order valence-electron chi connectivity index (χ3n) is 2.80. The lowest BCUT2D eigenvalue weighted by molar-refractivity contribution is 0.0344. The summed E-state index contributed by atoms with van der Waals surface area (Å²) in [6.07, 6.45) is 4.72. The zero-order valence-corrected chi connectivity index (χ0v) is 6.29. The van der Waals surface area contributed by atoms with E-state index in [0.717, 1.165) is 6.42 Å². The molecule has 2 fully saturated rings. The van der Waals surface area contributed by atoms with Crippen molar-refractivity contribution in [3.8, 4) is 0 Å². The molecule has 58 valence electrons. The van der Waals surface area contributed by atoms with Crippen LogP contribution in [0, 0.1) is 0 Å². The SMILES string of the molecule is O[C@H]1CCCN2CCC[C@@H]12. The van der Waals surface area contributed by atoms with Gasteiger partial charge < -0.3 is 5.11 Å². The zero-order chi connectivity index (χ0) is 6.97. The van der Waals surface area contributed by atoms with E-state index in [4.69, 9.17) is 0 Å². The maximum Gasteiger partial charge on any atom is 0.0695 e. The summed E-state index contributed by atoms with van der Waals surface area (Å²) in [4.78, 5) is 2.44. The smallest absolute Gasteiger partial charge is 0.0695 e. The Hall–Kier alpha value is -0.0800. The van der Waals surface area contributed by atoms with Crippen LogP contribution >= 0.6 is 0 Å². The average Bonchev–Trinajstić information content (AvgIpc) is 2.36. The molecule has 1 N–H and O–H groups in total. The first kappa shape index (κ1) is 6.62. The van der Waals surface area contributed by atoms with Crippen molar-refractivity contribution in [1.29, 1.82) is 0 Å². The summed E-state index contributed by atoms with van der Waals surface area (Å²) in [6, 6.07) is 0.522. The summed E-state index contributed by atoms with van der Waals surface area (Å²) < 4.78 is 0. The highest BCUT2D eigenvalue weighted by Gasteiger charge is 2.32. The zero-order valence-electron chi connectivity index (χ0n) is 6.29. The lowest BCUT2D eigenvalue weighted by Gasteiger charge is -2.33. The van der Waals surface area contributed by atoms with E-state index in [-0.39, 0.29) is 6.10 Å². The molecule has 0 unspecified atom stereocenters. The fourth-order valence-corrected chi connectivity index (χ4v) is 2.26. The Morgan fingerprint density at radius 3 is 2.50 bits per heavy atom. The number of rotatable bonds is 0. The molecule has 0 saturated carbocycles. The van der Waals surface area contributed by atoms with Crippen LogP contribution in [0.15, 0.2) is 0 Å². The summed E-state index contributed by atoms with van der Waals surface area (Å²) in [7, 11) is 0. The quantitative estimate of drug-likeness (QED) is 0.534. The highest BCUT2D eigenvalue weighted by Crippen LogP contribution is 2.26. The van der Waals surface area contributed by atoms with Crippen LogP contribution in [0.1, 0.15) is 25.7 Å². The number of fused-ring (bicyclic) bond motifs is 1. The molecule has 0 aromatic rings. The molecule has 2 heteroatoms. The van der Waals surface area contributed by atoms with E-state index in [0.29, 0.717) is 6.04 Å². The first-order chi connectivity index (χ1) is 4.88. The monoisotopic (exact) mass is 141 g/mol. The second kappa shape index (κ2) is 2.51. The van der Waals surface area contributed by atoms with E-state index >= 15 is 0 Å². The van der Waals surface area contributed by atoms with Crippen LogP contribution in [0.4, 0.5) is 0 Å². The van der Waals surface area contributed by atoms with E-state index in [2.05, 4.69) is 4.90 Å². The summed E-state index contributed by atoms with van der Waals surface area (Å²) in [6.45, 7) is 2.45. The average molecular weight is 141 g/mol. The Morgan fingerprint density at radius 2 is 1.80 bits per heavy atom. The van der Waals surface area contributed by atoms with Crippen LogP contribution in [-0.4, -0.2) is 35.2 Å². The second-order valence-corrected chi connectivity index (χ2v) is 3.46. The van der Waals surface area contributed by atoms with Gasteiger partial charge in [-0.25, -0.2) is 0 Å². The lowest BCUT2D eigenvalue weighted by Crippen LogP contribution is -2.43. The molecule has 0 amide bonds. The standard InChI is InChI=1S/C8H15NO/c10-8-4-2-6-9-5-1-3-7(8)9/h7-8,10H,1-6H2/t7-,8-/m0/s1. The van der Waals surface area contributed by atoms with Crippen LogP contribution in [0.2, 0.25) is 0 Å². The number of aliphatic hydroxyl groups is 1. The van der Waals surface area contributed by atoms with Gasteiger partial charge in [-0.3, -0.25) is 4.90 Å².